The summed E-state index contributed by atoms with van der Waals surface area (Å²) in [5.74, 6) is 0. The number of fused-ring (bicyclic) bond motifs is 16. The normalized spacial score (nSPS) is 13.1. The number of unbranched alkanes of at least 4 members (excludes halogenated alkanes) is 2. The number of aryl methyl sites for hydroxylation is 4. The first kappa shape index (κ1) is 30.7. The highest BCUT2D eigenvalue weighted by Crippen LogP contribution is 2.41. The Kier molecular flexibility index (Phi) is 9.47. The number of benzene rings is 4. The summed E-state index contributed by atoms with van der Waals surface area (Å²) in [6, 6.07) is 41.7. The van der Waals surface area contributed by atoms with Gasteiger partial charge in [-0.05, 0) is 118 Å². The van der Waals surface area contributed by atoms with E-state index in [2.05, 4.69) is 135 Å². The zero-order chi connectivity index (χ0) is 31.3. The van der Waals surface area contributed by atoms with Gasteiger partial charge in [-0.2, -0.15) is 0 Å². The van der Waals surface area contributed by atoms with Crippen molar-refractivity contribution in [2.75, 3.05) is 0 Å². The fraction of sp³-hybridized carbons (Fsp3) is 0.227. The second-order valence-electron chi connectivity index (χ2n) is 12.6. The molecule has 0 saturated carbocycles. The van der Waals surface area contributed by atoms with Crippen LogP contribution in [0.15, 0.2) is 109 Å². The van der Waals surface area contributed by atoms with E-state index in [4.69, 9.17) is 0 Å². The molecular formula is C44H42S2. The summed E-state index contributed by atoms with van der Waals surface area (Å²) in [5.41, 5.74) is 13.6. The van der Waals surface area contributed by atoms with Crippen LogP contribution in [-0.2, 0) is 25.7 Å². The quantitative estimate of drug-likeness (QED) is 0.171. The van der Waals surface area contributed by atoms with E-state index in [1.807, 2.05) is 22.7 Å². The zero-order valence-corrected chi connectivity index (χ0v) is 28.7. The molecule has 0 aliphatic carbocycles. The van der Waals surface area contributed by atoms with E-state index in [9.17, 15) is 0 Å². The van der Waals surface area contributed by atoms with Crippen LogP contribution in [0.5, 0.6) is 0 Å². The Morgan fingerprint density at radius 1 is 0.478 bits per heavy atom. The van der Waals surface area contributed by atoms with Crippen molar-refractivity contribution in [3.8, 4) is 41.8 Å². The van der Waals surface area contributed by atoms with Gasteiger partial charge in [-0.25, -0.2) is 0 Å². The smallest absolute Gasteiger partial charge is 0.0381 e. The summed E-state index contributed by atoms with van der Waals surface area (Å²) in [6.07, 6.45) is 13.7. The summed E-state index contributed by atoms with van der Waals surface area (Å²) in [6.45, 7) is 4.58. The SMILES string of the molecule is CCCCc1cc2sc1-c1cccc(c1)CCc1cccc(c1)-c1sc(cc1CCCC)-c1cccc(c1)/C=C\c1cccc-2c1. The number of thiophene rings is 2. The third-order valence-electron chi connectivity index (χ3n) is 9.11. The Bertz CT molecular complexity index is 1840. The van der Waals surface area contributed by atoms with Crippen LogP contribution in [0.25, 0.3) is 53.9 Å². The molecule has 0 amide bonds. The van der Waals surface area contributed by atoms with E-state index >= 15 is 0 Å². The Labute approximate surface area is 283 Å². The van der Waals surface area contributed by atoms with Gasteiger partial charge in [0.1, 0.15) is 0 Å². The summed E-state index contributed by atoms with van der Waals surface area (Å²) >= 11 is 3.90. The van der Waals surface area contributed by atoms with Crippen molar-refractivity contribution >= 4 is 34.8 Å². The molecule has 0 spiro atoms. The molecule has 4 aromatic carbocycles. The van der Waals surface area contributed by atoms with Crippen molar-refractivity contribution in [3.05, 3.63) is 143 Å². The minimum Gasteiger partial charge on any atom is -0.135 e. The monoisotopic (exact) mass is 634 g/mol. The first-order valence-electron chi connectivity index (χ1n) is 17.0. The van der Waals surface area contributed by atoms with Crippen molar-refractivity contribution in [2.45, 2.75) is 65.2 Å². The average Bonchev–Trinajstić information content (AvgIpc) is 3.73. The minimum atomic E-state index is 1.04. The minimum absolute atomic E-state index is 1.04. The Balaban J connectivity index is 1.35. The van der Waals surface area contributed by atoms with Crippen molar-refractivity contribution in [1.82, 2.24) is 0 Å². The summed E-state index contributed by atoms with van der Waals surface area (Å²) < 4.78 is 0. The van der Waals surface area contributed by atoms with Crippen LogP contribution >= 0.6 is 22.7 Å². The van der Waals surface area contributed by atoms with Crippen LogP contribution in [0.1, 0.15) is 72.9 Å². The summed E-state index contributed by atoms with van der Waals surface area (Å²) in [7, 11) is 0. The molecule has 6 aromatic rings. The molecule has 1 aliphatic heterocycles. The predicted octanol–water partition coefficient (Wildman–Crippen LogP) is 13.4. The molecule has 12 bridgehead atoms. The van der Waals surface area contributed by atoms with Gasteiger partial charge in [-0.15, -0.1) is 22.7 Å². The standard InChI is InChI=1S/C44H42S2/c1-3-5-15-39-29-41-35-17-7-11-31(25-35)21-22-32-12-8-18-36(26-32)42-30-40(16-6-4-2)44(46-42)38-20-10-14-34(28-38)24-23-33-13-9-19-37(27-33)43(39)45-41/h7-14,17-22,25-30H,3-6,15-16,23-24H2,1-2H3/b22-21-. The van der Waals surface area contributed by atoms with E-state index in [1.54, 1.807) is 0 Å². The van der Waals surface area contributed by atoms with Gasteiger partial charge in [0.2, 0.25) is 0 Å². The molecule has 0 fully saturated rings. The van der Waals surface area contributed by atoms with Gasteiger partial charge in [0.25, 0.3) is 0 Å². The molecule has 46 heavy (non-hydrogen) atoms. The lowest BCUT2D eigenvalue weighted by Gasteiger charge is -2.09. The molecule has 3 heterocycles. The number of hydrogen-bond donors (Lipinski definition) is 0. The van der Waals surface area contributed by atoms with Crippen LogP contribution < -0.4 is 0 Å². The lowest BCUT2D eigenvalue weighted by Crippen LogP contribution is -1.93. The molecular weight excluding hydrogens is 593 g/mol. The third kappa shape index (κ3) is 6.89. The van der Waals surface area contributed by atoms with E-state index < -0.39 is 0 Å². The van der Waals surface area contributed by atoms with Crippen molar-refractivity contribution in [1.29, 1.82) is 0 Å². The third-order valence-corrected chi connectivity index (χ3v) is 11.7. The topological polar surface area (TPSA) is 0 Å². The van der Waals surface area contributed by atoms with Crippen LogP contribution in [0, 0.1) is 0 Å². The highest BCUT2D eigenvalue weighted by atomic mass is 32.1. The van der Waals surface area contributed by atoms with Gasteiger partial charge < -0.3 is 0 Å². The maximum Gasteiger partial charge on any atom is 0.0381 e. The van der Waals surface area contributed by atoms with E-state index in [1.165, 1.54) is 101 Å². The van der Waals surface area contributed by atoms with Gasteiger partial charge in [0, 0.05) is 19.5 Å². The largest absolute Gasteiger partial charge is 0.135 e. The predicted molar refractivity (Wildman–Crippen MR) is 204 cm³/mol. The highest BCUT2D eigenvalue weighted by Gasteiger charge is 2.15. The lowest BCUT2D eigenvalue weighted by atomic mass is 9.97. The van der Waals surface area contributed by atoms with E-state index in [-0.39, 0.29) is 0 Å². The van der Waals surface area contributed by atoms with Gasteiger partial charge in [-0.3, -0.25) is 0 Å². The first-order valence-corrected chi connectivity index (χ1v) is 18.6. The van der Waals surface area contributed by atoms with Crippen LogP contribution in [0.3, 0.4) is 0 Å². The van der Waals surface area contributed by atoms with Gasteiger partial charge in [0.15, 0.2) is 0 Å². The summed E-state index contributed by atoms with van der Waals surface area (Å²) in [4.78, 5) is 5.57. The van der Waals surface area contributed by atoms with Crippen molar-refractivity contribution in [3.63, 3.8) is 0 Å². The molecule has 0 N–H and O–H groups in total. The fourth-order valence-electron chi connectivity index (χ4n) is 6.55. The molecule has 0 atom stereocenters. The summed E-state index contributed by atoms with van der Waals surface area (Å²) in [5, 5.41) is 0. The molecule has 0 saturated heterocycles. The molecule has 0 nitrogen and oxygen atoms in total. The molecule has 230 valence electrons. The zero-order valence-electron chi connectivity index (χ0n) is 27.0. The fourth-order valence-corrected chi connectivity index (χ4v) is 8.95. The maximum atomic E-state index is 2.46. The Hall–Kier alpha value is -3.98. The number of hydrogen-bond acceptors (Lipinski definition) is 2. The Morgan fingerprint density at radius 3 is 1.37 bits per heavy atom. The second-order valence-corrected chi connectivity index (χ2v) is 14.7. The van der Waals surface area contributed by atoms with E-state index in [0.717, 1.165) is 25.7 Å². The maximum absolute atomic E-state index is 2.46. The molecule has 1 aliphatic rings. The molecule has 0 radical (unpaired) electrons. The molecule has 2 heteroatoms. The second kappa shape index (κ2) is 14.2. The molecule has 2 aromatic heterocycles. The Morgan fingerprint density at radius 2 is 0.913 bits per heavy atom. The van der Waals surface area contributed by atoms with Crippen LogP contribution in [0.2, 0.25) is 0 Å². The first-order chi connectivity index (χ1) is 22.7. The van der Waals surface area contributed by atoms with Crippen LogP contribution in [-0.4, -0.2) is 0 Å². The van der Waals surface area contributed by atoms with Crippen molar-refractivity contribution in [2.24, 2.45) is 0 Å². The molecule has 7 rings (SSSR count). The highest BCUT2D eigenvalue weighted by molar-refractivity contribution is 7.19. The van der Waals surface area contributed by atoms with Gasteiger partial charge in [0.05, 0.1) is 0 Å². The number of rotatable bonds is 6. The van der Waals surface area contributed by atoms with Gasteiger partial charge >= 0.3 is 0 Å². The van der Waals surface area contributed by atoms with Gasteiger partial charge in [-0.1, -0.05) is 124 Å². The molecule has 0 unspecified atom stereocenters. The van der Waals surface area contributed by atoms with Crippen molar-refractivity contribution < 1.29 is 0 Å². The van der Waals surface area contributed by atoms with Crippen LogP contribution in [0.4, 0.5) is 0 Å². The average molecular weight is 635 g/mol. The van der Waals surface area contributed by atoms with E-state index in [0.29, 0.717) is 0 Å². The lowest BCUT2D eigenvalue weighted by molar-refractivity contribution is 0.798.